The Bertz CT molecular complexity index is 2450. The van der Waals surface area contributed by atoms with Gasteiger partial charge in [0.15, 0.2) is 23.1 Å². The Hall–Kier alpha value is -5.28. The number of anilines is 1. The minimum Gasteiger partial charge on any atom is -0.504 e. The Morgan fingerprint density at radius 2 is 1.85 bits per heavy atom. The fourth-order valence-electron chi connectivity index (χ4n) is 8.37. The van der Waals surface area contributed by atoms with Crippen molar-refractivity contribution in [1.82, 2.24) is 38.9 Å². The van der Waals surface area contributed by atoms with E-state index in [1.165, 1.54) is 18.5 Å². The number of benzene rings is 2. The molecule has 3 aliphatic rings. The molecule has 2 aliphatic carbocycles. The third-order valence-electron chi connectivity index (χ3n) is 11.2. The molecule has 55 heavy (non-hydrogen) atoms. The summed E-state index contributed by atoms with van der Waals surface area (Å²) in [6, 6.07) is 8.03. The van der Waals surface area contributed by atoms with Gasteiger partial charge in [0, 0.05) is 36.3 Å². The predicted octanol–water partition coefficient (Wildman–Crippen LogP) is 5.55. The number of nitrogens with zero attached hydrogens (tertiary/aromatic N) is 8. The number of aryl methyl sites for hydroxylation is 1. The van der Waals surface area contributed by atoms with Gasteiger partial charge < -0.3 is 24.8 Å². The zero-order valence-electron chi connectivity index (χ0n) is 30.9. The lowest BCUT2D eigenvalue weighted by atomic mass is 9.73. The van der Waals surface area contributed by atoms with Crippen LogP contribution in [0.4, 0.5) is 14.5 Å². The molecule has 1 atom stereocenters. The van der Waals surface area contributed by atoms with Gasteiger partial charge in [-0.3, -0.25) is 14.4 Å². The number of aromatic hydroxyl groups is 1. The summed E-state index contributed by atoms with van der Waals surface area (Å²) in [5.74, 6) is -2.50. The molecular weight excluding hydrogens is 732 g/mol. The van der Waals surface area contributed by atoms with Crippen molar-refractivity contribution in [3.63, 3.8) is 0 Å². The van der Waals surface area contributed by atoms with E-state index in [4.69, 9.17) is 11.6 Å². The first-order valence-electron chi connectivity index (χ1n) is 18.3. The Kier molecular flexibility index (Phi) is 9.19. The van der Waals surface area contributed by atoms with E-state index in [1.54, 1.807) is 28.5 Å². The van der Waals surface area contributed by atoms with E-state index in [9.17, 15) is 19.5 Å². The number of amides is 2. The zero-order chi connectivity index (χ0) is 38.9. The van der Waals surface area contributed by atoms with Crippen molar-refractivity contribution in [3.05, 3.63) is 97.4 Å². The number of halogens is 3. The molecule has 2 N–H and O–H groups in total. The number of hydrogen-bond donors (Lipinski definition) is 2. The second-order valence-electron chi connectivity index (χ2n) is 15.3. The molecule has 0 bridgehead atoms. The molecule has 2 fully saturated rings. The van der Waals surface area contributed by atoms with Crippen molar-refractivity contribution in [3.8, 4) is 17.1 Å². The summed E-state index contributed by atoms with van der Waals surface area (Å²) >= 11 is 6.47. The fourth-order valence-corrected chi connectivity index (χ4v) is 8.59. The van der Waals surface area contributed by atoms with E-state index in [1.807, 2.05) is 32.0 Å². The first-order chi connectivity index (χ1) is 26.3. The maximum atomic E-state index is 15.9. The standard InChI is InChI=1S/C39H40ClF2N9O4/c1-20-16-39(11-13-49(14-12-39)37(55)32-34(53)21(2)43-19-44-32)29-33(20)50(18-28(52)45-27-10-8-23(15-26(27)41)22-5-6-22)38-46-35(47-51(38)36(29)54)25-9-7-24(17-48(3)4)30(40)31(25)42/h7-10,15,19-20,22,53H,5-6,11-14,16-18H2,1-4H3,(H,45,52). The summed E-state index contributed by atoms with van der Waals surface area (Å²) in [7, 11) is 3.68. The van der Waals surface area contributed by atoms with Gasteiger partial charge in [-0.05, 0) is 94.3 Å². The third-order valence-corrected chi connectivity index (χ3v) is 11.6. The van der Waals surface area contributed by atoms with Gasteiger partial charge >= 0.3 is 0 Å². The van der Waals surface area contributed by atoms with E-state index in [-0.39, 0.29) is 70.6 Å². The monoisotopic (exact) mass is 771 g/mol. The highest BCUT2D eigenvalue weighted by Crippen LogP contribution is 2.50. The van der Waals surface area contributed by atoms with Gasteiger partial charge in [0.25, 0.3) is 11.5 Å². The van der Waals surface area contributed by atoms with Crippen molar-refractivity contribution < 1.29 is 23.5 Å². The number of nitrogens with one attached hydrogen (secondary N) is 1. The van der Waals surface area contributed by atoms with Crippen LogP contribution in [-0.2, 0) is 23.3 Å². The lowest BCUT2D eigenvalue weighted by Crippen LogP contribution is -2.46. The highest BCUT2D eigenvalue weighted by atomic mass is 35.5. The van der Waals surface area contributed by atoms with E-state index in [0.29, 0.717) is 48.5 Å². The highest BCUT2D eigenvalue weighted by molar-refractivity contribution is 6.31. The SMILES string of the molecule is Cc1ncnc(C(=O)N2CCC3(CC2)CC(C)c2c3c(=O)n3nc(-c4ccc(CN(C)C)c(Cl)c4F)nc3n2CC(=O)Nc2ccc(C3CC3)cc2F)c1O. The van der Waals surface area contributed by atoms with Gasteiger partial charge in [0.1, 0.15) is 18.7 Å². The van der Waals surface area contributed by atoms with Crippen LogP contribution in [0.15, 0.2) is 41.5 Å². The molecule has 1 saturated heterocycles. The molecule has 1 unspecified atom stereocenters. The molecule has 2 amide bonds. The smallest absolute Gasteiger partial charge is 0.279 e. The number of piperidine rings is 1. The summed E-state index contributed by atoms with van der Waals surface area (Å²) in [6.07, 6.45) is 4.61. The molecule has 0 radical (unpaired) electrons. The Morgan fingerprint density at radius 3 is 2.55 bits per heavy atom. The number of likely N-dealkylation sites (tertiary alicyclic amines) is 1. The summed E-state index contributed by atoms with van der Waals surface area (Å²) < 4.78 is 33.8. The van der Waals surface area contributed by atoms with Crippen molar-refractivity contribution in [2.75, 3.05) is 32.5 Å². The average Bonchev–Trinajstić information content (AvgIpc) is 3.84. The summed E-state index contributed by atoms with van der Waals surface area (Å²) in [5.41, 5.74) is 1.56. The summed E-state index contributed by atoms with van der Waals surface area (Å²) in [6.45, 7) is 4.15. The van der Waals surface area contributed by atoms with Gasteiger partial charge in [-0.2, -0.15) is 9.50 Å². The van der Waals surface area contributed by atoms with Gasteiger partial charge in [-0.1, -0.05) is 30.7 Å². The maximum Gasteiger partial charge on any atom is 0.279 e. The number of fused-ring (bicyclic) bond motifs is 3. The number of carbonyl (C=O) groups is 2. The van der Waals surface area contributed by atoms with Crippen LogP contribution < -0.4 is 10.9 Å². The lowest BCUT2D eigenvalue weighted by molar-refractivity contribution is -0.116. The Balaban J connectivity index is 1.19. The van der Waals surface area contributed by atoms with Crippen molar-refractivity contribution in [1.29, 1.82) is 0 Å². The molecule has 8 rings (SSSR count). The Labute approximate surface area is 320 Å². The number of rotatable bonds is 8. The summed E-state index contributed by atoms with van der Waals surface area (Å²) in [4.78, 5) is 58.0. The van der Waals surface area contributed by atoms with E-state index >= 15 is 8.78 Å². The molecule has 13 nitrogen and oxygen atoms in total. The molecule has 3 aromatic heterocycles. The van der Waals surface area contributed by atoms with Crippen LogP contribution >= 0.6 is 11.6 Å². The first kappa shape index (κ1) is 36.7. The van der Waals surface area contributed by atoms with Crippen molar-refractivity contribution in [2.45, 2.75) is 76.3 Å². The topological polar surface area (TPSA) is 151 Å². The van der Waals surface area contributed by atoms with Gasteiger partial charge in [0.2, 0.25) is 11.7 Å². The van der Waals surface area contributed by atoms with Crippen LogP contribution in [0.5, 0.6) is 5.75 Å². The minimum absolute atomic E-state index is 0.0117. The van der Waals surface area contributed by atoms with E-state index in [0.717, 1.165) is 22.9 Å². The van der Waals surface area contributed by atoms with E-state index < -0.39 is 34.4 Å². The predicted molar refractivity (Wildman–Crippen MR) is 200 cm³/mol. The van der Waals surface area contributed by atoms with Crippen molar-refractivity contribution >= 4 is 34.9 Å². The molecule has 1 saturated carbocycles. The van der Waals surface area contributed by atoms with Crippen LogP contribution in [0.3, 0.4) is 0 Å². The van der Waals surface area contributed by atoms with Gasteiger partial charge in [-0.25, -0.2) is 18.7 Å². The van der Waals surface area contributed by atoms with Crippen LogP contribution in [0.2, 0.25) is 5.02 Å². The second kappa shape index (κ2) is 13.8. The van der Waals surface area contributed by atoms with Crippen LogP contribution in [0.25, 0.3) is 17.2 Å². The number of aromatic nitrogens is 6. The first-order valence-corrected chi connectivity index (χ1v) is 18.7. The maximum absolute atomic E-state index is 15.9. The molecule has 4 heterocycles. The minimum atomic E-state index is -0.738. The molecule has 286 valence electrons. The normalized spacial score (nSPS) is 17.7. The van der Waals surface area contributed by atoms with Crippen molar-refractivity contribution in [2.24, 2.45) is 0 Å². The average molecular weight is 772 g/mol. The molecule has 2 aromatic carbocycles. The second-order valence-corrected chi connectivity index (χ2v) is 15.7. The largest absolute Gasteiger partial charge is 0.504 e. The van der Waals surface area contributed by atoms with Crippen LogP contribution in [0, 0.1) is 18.6 Å². The third kappa shape index (κ3) is 6.42. The quantitative estimate of drug-likeness (QED) is 0.207. The van der Waals surface area contributed by atoms with Crippen LogP contribution in [0.1, 0.15) is 89.4 Å². The summed E-state index contributed by atoms with van der Waals surface area (Å²) in [5, 5.41) is 17.6. The molecule has 1 aliphatic heterocycles. The number of carbonyl (C=O) groups excluding carboxylic acids is 2. The lowest BCUT2D eigenvalue weighted by Gasteiger charge is -2.39. The highest BCUT2D eigenvalue weighted by Gasteiger charge is 2.49. The number of hydrogen-bond acceptors (Lipinski definition) is 9. The zero-order valence-corrected chi connectivity index (χ0v) is 31.6. The van der Waals surface area contributed by atoms with Gasteiger partial charge in [-0.15, -0.1) is 5.10 Å². The van der Waals surface area contributed by atoms with Crippen LogP contribution in [-0.4, -0.2) is 83.0 Å². The molecule has 16 heteroatoms. The molecule has 5 aromatic rings. The fraction of sp³-hybridized carbons (Fsp3) is 0.410. The Morgan fingerprint density at radius 1 is 1.11 bits per heavy atom. The van der Waals surface area contributed by atoms with Gasteiger partial charge in [0.05, 0.1) is 22.0 Å². The molecule has 1 spiro atoms. The molecular formula is C39H40ClF2N9O4. The van der Waals surface area contributed by atoms with E-state index in [2.05, 4.69) is 25.4 Å².